The van der Waals surface area contributed by atoms with Gasteiger partial charge in [0.25, 0.3) is 0 Å². The van der Waals surface area contributed by atoms with E-state index in [1.807, 2.05) is 23.6 Å². The zero-order valence-corrected chi connectivity index (χ0v) is 13.0. The van der Waals surface area contributed by atoms with Gasteiger partial charge in [-0.3, -0.25) is 0 Å². The van der Waals surface area contributed by atoms with Crippen molar-refractivity contribution in [1.29, 1.82) is 0 Å². The summed E-state index contributed by atoms with van der Waals surface area (Å²) in [6.07, 6.45) is 2.39. The van der Waals surface area contributed by atoms with Crippen molar-refractivity contribution in [3.05, 3.63) is 47.6 Å². The molecule has 3 aromatic rings. The molecule has 7 heteroatoms. The minimum atomic E-state index is -0.983. The molecule has 0 aliphatic carbocycles. The van der Waals surface area contributed by atoms with E-state index < -0.39 is 5.97 Å². The number of rotatable bonds is 7. The lowest BCUT2D eigenvalue weighted by atomic mass is 10.1. The number of aromatic nitrogens is 2. The van der Waals surface area contributed by atoms with Crippen LogP contribution in [0.2, 0.25) is 0 Å². The molecule has 0 aliphatic rings. The van der Waals surface area contributed by atoms with Crippen LogP contribution in [0.4, 0.5) is 5.82 Å². The first-order chi connectivity index (χ1) is 11.2. The largest absolute Gasteiger partial charge is 0.482 e. The van der Waals surface area contributed by atoms with Crippen molar-refractivity contribution in [1.82, 2.24) is 9.97 Å². The Hall–Kier alpha value is -2.67. The fourth-order valence-electron chi connectivity index (χ4n) is 2.15. The summed E-state index contributed by atoms with van der Waals surface area (Å²) in [7, 11) is 0. The Bertz CT molecular complexity index is 802. The van der Waals surface area contributed by atoms with Crippen LogP contribution in [-0.2, 0) is 11.2 Å². The Balaban J connectivity index is 1.54. The van der Waals surface area contributed by atoms with Gasteiger partial charge < -0.3 is 15.2 Å². The first-order valence-corrected chi connectivity index (χ1v) is 7.96. The van der Waals surface area contributed by atoms with E-state index >= 15 is 0 Å². The SMILES string of the molecule is O=C(O)COc1ccc(CCNc2ncnc3sccc23)cc1. The van der Waals surface area contributed by atoms with E-state index in [0.29, 0.717) is 5.75 Å². The molecule has 0 aliphatic heterocycles. The van der Waals surface area contributed by atoms with Gasteiger partial charge in [0.15, 0.2) is 6.61 Å². The number of hydrogen-bond acceptors (Lipinski definition) is 6. The van der Waals surface area contributed by atoms with Crippen LogP contribution in [0.3, 0.4) is 0 Å². The number of benzene rings is 1. The van der Waals surface area contributed by atoms with Gasteiger partial charge in [0.05, 0.1) is 5.39 Å². The van der Waals surface area contributed by atoms with Gasteiger partial charge in [-0.15, -0.1) is 11.3 Å². The van der Waals surface area contributed by atoms with Gasteiger partial charge in [0.2, 0.25) is 0 Å². The molecule has 23 heavy (non-hydrogen) atoms. The monoisotopic (exact) mass is 329 g/mol. The number of thiophene rings is 1. The average molecular weight is 329 g/mol. The number of carboxylic acids is 1. The number of ether oxygens (including phenoxy) is 1. The van der Waals surface area contributed by atoms with Crippen LogP contribution in [0.25, 0.3) is 10.2 Å². The molecule has 2 heterocycles. The number of hydrogen-bond donors (Lipinski definition) is 2. The van der Waals surface area contributed by atoms with Crippen molar-refractivity contribution in [2.45, 2.75) is 6.42 Å². The number of nitrogens with zero attached hydrogens (tertiary/aromatic N) is 2. The molecule has 2 N–H and O–H groups in total. The molecule has 0 unspecified atom stereocenters. The predicted molar refractivity (Wildman–Crippen MR) is 89.2 cm³/mol. The van der Waals surface area contributed by atoms with Gasteiger partial charge in [-0.05, 0) is 35.6 Å². The first kappa shape index (κ1) is 15.2. The average Bonchev–Trinajstić information content (AvgIpc) is 3.03. The molecule has 6 nitrogen and oxygen atoms in total. The Morgan fingerprint density at radius 3 is 2.83 bits per heavy atom. The minimum Gasteiger partial charge on any atom is -0.482 e. The van der Waals surface area contributed by atoms with Crippen molar-refractivity contribution < 1.29 is 14.6 Å². The van der Waals surface area contributed by atoms with Gasteiger partial charge in [-0.2, -0.15) is 0 Å². The summed E-state index contributed by atoms with van der Waals surface area (Å²) in [6.45, 7) is 0.419. The van der Waals surface area contributed by atoms with E-state index in [4.69, 9.17) is 9.84 Å². The molecule has 0 amide bonds. The van der Waals surface area contributed by atoms with Crippen LogP contribution in [0.1, 0.15) is 5.56 Å². The lowest BCUT2D eigenvalue weighted by Gasteiger charge is -2.07. The summed E-state index contributed by atoms with van der Waals surface area (Å²) in [6, 6.07) is 9.43. The molecule has 0 saturated heterocycles. The fraction of sp³-hybridized carbons (Fsp3) is 0.188. The lowest BCUT2D eigenvalue weighted by Crippen LogP contribution is -2.09. The molecule has 3 rings (SSSR count). The molecule has 0 saturated carbocycles. The molecule has 2 aromatic heterocycles. The topological polar surface area (TPSA) is 84.3 Å². The molecular weight excluding hydrogens is 314 g/mol. The molecule has 0 atom stereocenters. The molecule has 1 aromatic carbocycles. The number of carbonyl (C=O) groups is 1. The van der Waals surface area contributed by atoms with Gasteiger partial charge in [-0.25, -0.2) is 14.8 Å². The maximum Gasteiger partial charge on any atom is 0.341 e. The Kier molecular flexibility index (Phi) is 4.68. The third-order valence-electron chi connectivity index (χ3n) is 3.25. The summed E-state index contributed by atoms with van der Waals surface area (Å²) in [5.74, 6) is 0.417. The second-order valence-corrected chi connectivity index (χ2v) is 5.76. The predicted octanol–water partition coefficient (Wildman–Crippen LogP) is 2.81. The number of carboxylic acid groups (broad SMARTS) is 1. The van der Waals surface area contributed by atoms with Crippen molar-refractivity contribution in [3.63, 3.8) is 0 Å². The summed E-state index contributed by atoms with van der Waals surface area (Å²) in [4.78, 5) is 19.9. The molecule has 0 spiro atoms. The van der Waals surface area contributed by atoms with Crippen molar-refractivity contribution in [3.8, 4) is 5.75 Å². The van der Waals surface area contributed by atoms with E-state index in [2.05, 4.69) is 15.3 Å². The molecule has 0 radical (unpaired) electrons. The zero-order valence-electron chi connectivity index (χ0n) is 12.2. The second kappa shape index (κ2) is 7.06. The molecule has 118 valence electrons. The number of anilines is 1. The molecular formula is C16H15N3O3S. The van der Waals surface area contributed by atoms with Crippen LogP contribution >= 0.6 is 11.3 Å². The maximum absolute atomic E-state index is 10.4. The lowest BCUT2D eigenvalue weighted by molar-refractivity contribution is -0.139. The number of nitrogens with one attached hydrogen (secondary N) is 1. The van der Waals surface area contributed by atoms with E-state index in [1.165, 1.54) is 0 Å². The normalized spacial score (nSPS) is 10.6. The van der Waals surface area contributed by atoms with Crippen LogP contribution < -0.4 is 10.1 Å². The summed E-state index contributed by atoms with van der Waals surface area (Å²) >= 11 is 1.59. The highest BCUT2D eigenvalue weighted by Gasteiger charge is 2.04. The number of fused-ring (bicyclic) bond motifs is 1. The van der Waals surface area contributed by atoms with E-state index in [9.17, 15) is 4.79 Å². The van der Waals surface area contributed by atoms with Crippen molar-refractivity contribution in [2.75, 3.05) is 18.5 Å². The highest BCUT2D eigenvalue weighted by molar-refractivity contribution is 7.16. The molecule has 0 bridgehead atoms. The second-order valence-electron chi connectivity index (χ2n) is 4.86. The van der Waals surface area contributed by atoms with Crippen LogP contribution in [-0.4, -0.2) is 34.2 Å². The summed E-state index contributed by atoms with van der Waals surface area (Å²) in [5, 5.41) is 14.9. The van der Waals surface area contributed by atoms with Gasteiger partial charge in [-0.1, -0.05) is 12.1 Å². The fourth-order valence-corrected chi connectivity index (χ4v) is 2.89. The van der Waals surface area contributed by atoms with Crippen LogP contribution in [0, 0.1) is 0 Å². The Morgan fingerprint density at radius 1 is 1.22 bits per heavy atom. The van der Waals surface area contributed by atoms with Crippen LogP contribution in [0.5, 0.6) is 5.75 Å². The van der Waals surface area contributed by atoms with E-state index in [0.717, 1.165) is 34.6 Å². The van der Waals surface area contributed by atoms with E-state index in [1.54, 1.807) is 29.8 Å². The third-order valence-corrected chi connectivity index (χ3v) is 4.07. The zero-order chi connectivity index (χ0) is 16.1. The Labute approximate surface area is 136 Å². The highest BCUT2D eigenvalue weighted by Crippen LogP contribution is 2.23. The summed E-state index contributed by atoms with van der Waals surface area (Å²) < 4.78 is 5.10. The Morgan fingerprint density at radius 2 is 2.04 bits per heavy atom. The van der Waals surface area contributed by atoms with Crippen molar-refractivity contribution in [2.24, 2.45) is 0 Å². The van der Waals surface area contributed by atoms with Crippen molar-refractivity contribution >= 4 is 33.3 Å². The quantitative estimate of drug-likeness (QED) is 0.693. The summed E-state index contributed by atoms with van der Waals surface area (Å²) in [5.41, 5.74) is 1.13. The maximum atomic E-state index is 10.4. The standard InChI is InChI=1S/C16H15N3O3S/c20-14(21)9-22-12-3-1-11(2-4-12)5-7-17-15-13-6-8-23-16(13)19-10-18-15/h1-4,6,8,10H,5,7,9H2,(H,20,21)(H,17,18,19). The van der Waals surface area contributed by atoms with Gasteiger partial charge in [0.1, 0.15) is 22.7 Å². The highest BCUT2D eigenvalue weighted by atomic mass is 32.1. The van der Waals surface area contributed by atoms with E-state index in [-0.39, 0.29) is 6.61 Å². The number of aliphatic carboxylic acids is 1. The minimum absolute atomic E-state index is 0.328. The van der Waals surface area contributed by atoms with Crippen LogP contribution in [0.15, 0.2) is 42.0 Å². The van der Waals surface area contributed by atoms with Gasteiger partial charge in [0, 0.05) is 6.54 Å². The molecule has 0 fully saturated rings. The first-order valence-electron chi connectivity index (χ1n) is 7.08. The third kappa shape index (κ3) is 3.95. The van der Waals surface area contributed by atoms with Gasteiger partial charge >= 0.3 is 5.97 Å². The smallest absolute Gasteiger partial charge is 0.341 e.